The zero-order valence-corrected chi connectivity index (χ0v) is 16.1. The molecule has 0 aliphatic carbocycles. The fourth-order valence-electron chi connectivity index (χ4n) is 3.74. The van der Waals surface area contributed by atoms with Gasteiger partial charge in [0.05, 0.1) is 29.3 Å². The van der Waals surface area contributed by atoms with Crippen molar-refractivity contribution in [3.05, 3.63) is 53.3 Å². The third kappa shape index (κ3) is 3.39. The molecule has 0 bridgehead atoms. The van der Waals surface area contributed by atoms with Crippen LogP contribution in [0.1, 0.15) is 29.6 Å². The SMILES string of the molecule is CN(Cc1nc2ccccc2s1)C(=O)CN1CCC[C@H]1c1cccn1C. The summed E-state index contributed by atoms with van der Waals surface area (Å²) in [6, 6.07) is 12.7. The van der Waals surface area contributed by atoms with Gasteiger partial charge in [-0.25, -0.2) is 4.98 Å². The first-order valence-electron chi connectivity index (χ1n) is 9.05. The fraction of sp³-hybridized carbons (Fsp3) is 0.400. The summed E-state index contributed by atoms with van der Waals surface area (Å²) in [6.45, 7) is 2.02. The number of carbonyl (C=O) groups excluding carboxylic acids is 1. The van der Waals surface area contributed by atoms with E-state index in [0.29, 0.717) is 19.1 Å². The number of rotatable bonds is 5. The standard InChI is InChI=1S/C20H24N4OS/c1-22-11-5-8-16(22)17-9-6-12-24(17)14-20(25)23(2)13-19-21-15-7-3-4-10-18(15)26-19/h3-5,7-8,10-11,17H,6,9,12-14H2,1-2H3/t17-/m0/s1. The number of para-hydroxylation sites is 1. The van der Waals surface area contributed by atoms with Gasteiger partial charge in [0.15, 0.2) is 0 Å². The molecule has 1 amide bonds. The van der Waals surface area contributed by atoms with Gasteiger partial charge in [-0.05, 0) is 43.7 Å². The molecule has 1 fully saturated rings. The van der Waals surface area contributed by atoms with Crippen molar-refractivity contribution in [2.75, 3.05) is 20.1 Å². The summed E-state index contributed by atoms with van der Waals surface area (Å²) >= 11 is 1.66. The summed E-state index contributed by atoms with van der Waals surface area (Å²) in [5, 5.41) is 0.988. The van der Waals surface area contributed by atoms with Crippen LogP contribution in [0.3, 0.4) is 0 Å². The number of thiazole rings is 1. The molecular formula is C20H24N4OS. The minimum Gasteiger partial charge on any atom is -0.353 e. The van der Waals surface area contributed by atoms with E-state index in [4.69, 9.17) is 0 Å². The maximum atomic E-state index is 12.8. The van der Waals surface area contributed by atoms with Crippen LogP contribution in [-0.2, 0) is 18.4 Å². The Morgan fingerprint density at radius 2 is 2.15 bits per heavy atom. The average Bonchev–Trinajstić information content (AvgIpc) is 3.33. The summed E-state index contributed by atoms with van der Waals surface area (Å²) in [6.07, 6.45) is 4.34. The summed E-state index contributed by atoms with van der Waals surface area (Å²) in [5.41, 5.74) is 2.31. The van der Waals surface area contributed by atoms with E-state index in [9.17, 15) is 4.79 Å². The van der Waals surface area contributed by atoms with E-state index >= 15 is 0 Å². The lowest BCUT2D eigenvalue weighted by Crippen LogP contribution is -2.38. The van der Waals surface area contributed by atoms with Gasteiger partial charge in [-0.15, -0.1) is 11.3 Å². The van der Waals surface area contributed by atoms with Crippen molar-refractivity contribution in [3.63, 3.8) is 0 Å². The average molecular weight is 369 g/mol. The van der Waals surface area contributed by atoms with Gasteiger partial charge in [0.25, 0.3) is 0 Å². The predicted molar refractivity (Wildman–Crippen MR) is 105 cm³/mol. The third-order valence-electron chi connectivity index (χ3n) is 5.16. The minimum absolute atomic E-state index is 0.158. The van der Waals surface area contributed by atoms with Gasteiger partial charge in [0, 0.05) is 26.0 Å². The molecule has 3 heterocycles. The molecule has 26 heavy (non-hydrogen) atoms. The Morgan fingerprint density at radius 3 is 2.92 bits per heavy atom. The van der Waals surface area contributed by atoms with Crippen molar-refractivity contribution < 1.29 is 4.79 Å². The Kier molecular flexibility index (Phi) is 4.78. The van der Waals surface area contributed by atoms with Gasteiger partial charge in [-0.3, -0.25) is 9.69 Å². The molecule has 1 saturated heterocycles. The monoisotopic (exact) mass is 368 g/mol. The van der Waals surface area contributed by atoms with Gasteiger partial charge in [0.1, 0.15) is 5.01 Å². The van der Waals surface area contributed by atoms with E-state index in [-0.39, 0.29) is 5.91 Å². The number of fused-ring (bicyclic) bond motifs is 1. The van der Waals surface area contributed by atoms with Gasteiger partial charge in [0.2, 0.25) is 5.91 Å². The molecule has 1 aromatic carbocycles. The number of likely N-dealkylation sites (N-methyl/N-ethyl adjacent to an activating group) is 1. The van der Waals surface area contributed by atoms with E-state index in [0.717, 1.165) is 29.9 Å². The summed E-state index contributed by atoms with van der Waals surface area (Å²) in [4.78, 5) is 21.5. The van der Waals surface area contributed by atoms with E-state index in [1.54, 1.807) is 16.2 Å². The van der Waals surface area contributed by atoms with Crippen LogP contribution >= 0.6 is 11.3 Å². The van der Waals surface area contributed by atoms with Crippen LogP contribution in [0.5, 0.6) is 0 Å². The Bertz CT molecular complexity index is 882. The largest absolute Gasteiger partial charge is 0.353 e. The number of hydrogen-bond donors (Lipinski definition) is 0. The van der Waals surface area contributed by atoms with Crippen LogP contribution in [0.4, 0.5) is 0 Å². The number of hydrogen-bond acceptors (Lipinski definition) is 4. The first-order valence-corrected chi connectivity index (χ1v) is 9.87. The second-order valence-corrected chi connectivity index (χ2v) is 8.11. The first-order chi connectivity index (χ1) is 12.6. The highest BCUT2D eigenvalue weighted by molar-refractivity contribution is 7.18. The minimum atomic E-state index is 0.158. The van der Waals surface area contributed by atoms with Crippen molar-refractivity contribution in [2.45, 2.75) is 25.4 Å². The number of amides is 1. The first kappa shape index (κ1) is 17.2. The molecule has 1 atom stereocenters. The lowest BCUT2D eigenvalue weighted by atomic mass is 10.1. The van der Waals surface area contributed by atoms with Crippen molar-refractivity contribution in [3.8, 4) is 0 Å². The predicted octanol–water partition coefficient (Wildman–Crippen LogP) is 3.43. The van der Waals surface area contributed by atoms with E-state index < -0.39 is 0 Å². The van der Waals surface area contributed by atoms with Crippen LogP contribution in [0, 0.1) is 0 Å². The molecule has 0 N–H and O–H groups in total. The zero-order valence-electron chi connectivity index (χ0n) is 15.3. The molecule has 136 valence electrons. The third-order valence-corrected chi connectivity index (χ3v) is 6.18. The fourth-order valence-corrected chi connectivity index (χ4v) is 4.76. The lowest BCUT2D eigenvalue weighted by molar-refractivity contribution is -0.131. The molecule has 0 spiro atoms. The van der Waals surface area contributed by atoms with E-state index in [2.05, 4.69) is 45.9 Å². The second kappa shape index (κ2) is 7.21. The highest BCUT2D eigenvalue weighted by Gasteiger charge is 2.29. The lowest BCUT2D eigenvalue weighted by Gasteiger charge is -2.26. The Balaban J connectivity index is 1.41. The van der Waals surface area contributed by atoms with Crippen molar-refractivity contribution >= 4 is 27.5 Å². The zero-order chi connectivity index (χ0) is 18.1. The molecule has 5 nitrogen and oxygen atoms in total. The van der Waals surface area contributed by atoms with Gasteiger partial charge in [-0.1, -0.05) is 12.1 Å². The quantitative estimate of drug-likeness (QED) is 0.693. The number of likely N-dealkylation sites (tertiary alicyclic amines) is 1. The van der Waals surface area contributed by atoms with Crippen molar-refractivity contribution in [2.24, 2.45) is 7.05 Å². The normalized spacial score (nSPS) is 17.8. The number of benzene rings is 1. The number of aryl methyl sites for hydroxylation is 1. The Morgan fingerprint density at radius 1 is 1.31 bits per heavy atom. The summed E-state index contributed by atoms with van der Waals surface area (Å²) in [5.74, 6) is 0.158. The summed E-state index contributed by atoms with van der Waals surface area (Å²) in [7, 11) is 3.95. The maximum absolute atomic E-state index is 12.8. The molecule has 0 unspecified atom stereocenters. The molecule has 0 saturated carbocycles. The highest BCUT2D eigenvalue weighted by atomic mass is 32.1. The van der Waals surface area contributed by atoms with E-state index in [1.807, 2.05) is 25.2 Å². The van der Waals surface area contributed by atoms with Crippen LogP contribution < -0.4 is 0 Å². The summed E-state index contributed by atoms with van der Waals surface area (Å²) < 4.78 is 3.34. The molecule has 2 aromatic heterocycles. The Hall–Kier alpha value is -2.18. The van der Waals surface area contributed by atoms with Crippen molar-refractivity contribution in [1.29, 1.82) is 0 Å². The van der Waals surface area contributed by atoms with E-state index in [1.165, 1.54) is 10.4 Å². The van der Waals surface area contributed by atoms with Crippen molar-refractivity contribution in [1.82, 2.24) is 19.4 Å². The van der Waals surface area contributed by atoms with Crippen LogP contribution in [0.2, 0.25) is 0 Å². The molecule has 1 aliphatic heterocycles. The molecule has 1 aliphatic rings. The number of carbonyl (C=O) groups is 1. The number of nitrogens with zero attached hydrogens (tertiary/aromatic N) is 4. The molecule has 0 radical (unpaired) electrons. The molecule has 4 rings (SSSR count). The molecular weight excluding hydrogens is 344 g/mol. The van der Waals surface area contributed by atoms with Crippen LogP contribution in [-0.4, -0.2) is 45.4 Å². The number of aromatic nitrogens is 2. The van der Waals surface area contributed by atoms with Gasteiger partial charge in [-0.2, -0.15) is 0 Å². The van der Waals surface area contributed by atoms with Crippen LogP contribution in [0.25, 0.3) is 10.2 Å². The van der Waals surface area contributed by atoms with Gasteiger partial charge < -0.3 is 9.47 Å². The highest BCUT2D eigenvalue weighted by Crippen LogP contribution is 2.31. The molecule has 6 heteroatoms. The second-order valence-electron chi connectivity index (χ2n) is 7.00. The maximum Gasteiger partial charge on any atom is 0.236 e. The molecule has 3 aromatic rings. The smallest absolute Gasteiger partial charge is 0.236 e. The Labute approximate surface area is 157 Å². The topological polar surface area (TPSA) is 41.4 Å². The van der Waals surface area contributed by atoms with Gasteiger partial charge >= 0.3 is 0 Å². The van der Waals surface area contributed by atoms with Crippen LogP contribution in [0.15, 0.2) is 42.6 Å².